The summed E-state index contributed by atoms with van der Waals surface area (Å²) in [6.45, 7) is 3.79. The van der Waals surface area contributed by atoms with Crippen LogP contribution in [0.2, 0.25) is 0 Å². The van der Waals surface area contributed by atoms with Gasteiger partial charge in [0.2, 0.25) is 0 Å². The molecule has 1 unspecified atom stereocenters. The van der Waals surface area contributed by atoms with E-state index >= 15 is 0 Å². The summed E-state index contributed by atoms with van der Waals surface area (Å²) in [7, 11) is 0. The maximum Gasteiger partial charge on any atom is 0.0131 e. The van der Waals surface area contributed by atoms with Crippen LogP contribution in [0.25, 0.3) is 0 Å². The second kappa shape index (κ2) is 3.21. The van der Waals surface area contributed by atoms with E-state index in [-0.39, 0.29) is 0 Å². The van der Waals surface area contributed by atoms with Gasteiger partial charge in [0.05, 0.1) is 0 Å². The molecule has 2 bridgehead atoms. The van der Waals surface area contributed by atoms with Crippen molar-refractivity contribution in [1.82, 2.24) is 0 Å². The standard InChI is InChI=1S/C15H19N/c1-2-6-13(16)15-9-14(10-15,11-15)12-7-4-3-5-8-12/h2-5,7-8,13H,1,6,9-11,16H2. The van der Waals surface area contributed by atoms with Crippen molar-refractivity contribution in [2.45, 2.75) is 37.1 Å². The molecule has 3 saturated carbocycles. The van der Waals surface area contributed by atoms with Crippen LogP contribution in [0, 0.1) is 5.41 Å². The predicted octanol–water partition coefficient (Wildman–Crippen LogP) is 3.01. The number of hydrogen-bond acceptors (Lipinski definition) is 1. The van der Waals surface area contributed by atoms with E-state index in [0.717, 1.165) is 6.42 Å². The Morgan fingerprint density at radius 2 is 1.88 bits per heavy atom. The van der Waals surface area contributed by atoms with Crippen LogP contribution in [-0.2, 0) is 5.41 Å². The molecule has 0 aromatic heterocycles. The summed E-state index contributed by atoms with van der Waals surface area (Å²) < 4.78 is 0. The minimum Gasteiger partial charge on any atom is -0.327 e. The summed E-state index contributed by atoms with van der Waals surface area (Å²) >= 11 is 0. The third-order valence-electron chi connectivity index (χ3n) is 4.66. The fourth-order valence-corrected chi connectivity index (χ4v) is 3.79. The number of rotatable bonds is 4. The topological polar surface area (TPSA) is 26.0 Å². The van der Waals surface area contributed by atoms with E-state index in [4.69, 9.17) is 5.73 Å². The first-order chi connectivity index (χ1) is 7.71. The molecule has 0 radical (unpaired) electrons. The van der Waals surface area contributed by atoms with Crippen LogP contribution in [-0.4, -0.2) is 6.04 Å². The van der Waals surface area contributed by atoms with Gasteiger partial charge in [-0.3, -0.25) is 0 Å². The number of nitrogens with two attached hydrogens (primary N) is 1. The molecule has 84 valence electrons. The van der Waals surface area contributed by atoms with Crippen LogP contribution in [0.1, 0.15) is 31.2 Å². The smallest absolute Gasteiger partial charge is 0.0131 e. The lowest BCUT2D eigenvalue weighted by atomic mass is 9.31. The van der Waals surface area contributed by atoms with Crippen molar-refractivity contribution in [3.63, 3.8) is 0 Å². The molecular formula is C15H19N. The summed E-state index contributed by atoms with van der Waals surface area (Å²) in [6, 6.07) is 11.2. The normalized spacial score (nSPS) is 37.1. The minimum atomic E-state index is 0.329. The third kappa shape index (κ3) is 1.15. The molecule has 3 aliphatic rings. The number of benzene rings is 1. The van der Waals surface area contributed by atoms with Gasteiger partial charge >= 0.3 is 0 Å². The Bertz CT molecular complexity index is 387. The van der Waals surface area contributed by atoms with E-state index in [2.05, 4.69) is 36.9 Å². The van der Waals surface area contributed by atoms with Crippen molar-refractivity contribution >= 4 is 0 Å². The van der Waals surface area contributed by atoms with Gasteiger partial charge in [0, 0.05) is 6.04 Å². The van der Waals surface area contributed by atoms with Crippen molar-refractivity contribution in [2.24, 2.45) is 11.1 Å². The van der Waals surface area contributed by atoms with Crippen molar-refractivity contribution in [3.05, 3.63) is 48.6 Å². The molecule has 2 N–H and O–H groups in total. The summed E-state index contributed by atoms with van der Waals surface area (Å²) in [6.07, 6.45) is 6.79. The average molecular weight is 213 g/mol. The molecule has 3 aliphatic carbocycles. The highest BCUT2D eigenvalue weighted by atomic mass is 14.8. The summed E-state index contributed by atoms with van der Waals surface area (Å²) in [5, 5.41) is 0. The van der Waals surface area contributed by atoms with Gasteiger partial charge in [-0.05, 0) is 42.1 Å². The van der Waals surface area contributed by atoms with Gasteiger partial charge in [-0.15, -0.1) is 6.58 Å². The summed E-state index contributed by atoms with van der Waals surface area (Å²) in [5.41, 5.74) is 8.68. The quantitative estimate of drug-likeness (QED) is 0.764. The lowest BCUT2D eigenvalue weighted by Crippen LogP contribution is -2.70. The Morgan fingerprint density at radius 1 is 1.25 bits per heavy atom. The van der Waals surface area contributed by atoms with E-state index in [1.54, 1.807) is 0 Å². The molecule has 0 heterocycles. The molecule has 1 heteroatoms. The Balaban J connectivity index is 1.72. The van der Waals surface area contributed by atoms with Crippen LogP contribution in [0.3, 0.4) is 0 Å². The monoisotopic (exact) mass is 213 g/mol. The molecule has 1 nitrogen and oxygen atoms in total. The highest BCUT2D eigenvalue weighted by Crippen LogP contribution is 2.74. The SMILES string of the molecule is C=CCC(N)C12CC(c3ccccc3)(C1)C2. The minimum absolute atomic E-state index is 0.329. The highest BCUT2D eigenvalue weighted by molar-refractivity contribution is 5.39. The van der Waals surface area contributed by atoms with Crippen molar-refractivity contribution in [1.29, 1.82) is 0 Å². The first-order valence-corrected chi connectivity index (χ1v) is 6.13. The fraction of sp³-hybridized carbons (Fsp3) is 0.467. The Morgan fingerprint density at radius 3 is 2.44 bits per heavy atom. The van der Waals surface area contributed by atoms with Crippen molar-refractivity contribution in [2.75, 3.05) is 0 Å². The Kier molecular flexibility index (Phi) is 2.02. The van der Waals surface area contributed by atoms with Gasteiger partial charge in [-0.1, -0.05) is 36.4 Å². The lowest BCUT2D eigenvalue weighted by Gasteiger charge is -2.73. The maximum absolute atomic E-state index is 6.23. The van der Waals surface area contributed by atoms with Crippen LogP contribution in [0.4, 0.5) is 0 Å². The zero-order chi connectivity index (χ0) is 11.2. The van der Waals surface area contributed by atoms with Gasteiger partial charge < -0.3 is 5.73 Å². The van der Waals surface area contributed by atoms with Crippen molar-refractivity contribution < 1.29 is 0 Å². The van der Waals surface area contributed by atoms with Gasteiger partial charge in [0.1, 0.15) is 0 Å². The molecule has 4 rings (SSSR count). The summed E-state index contributed by atoms with van der Waals surface area (Å²) in [4.78, 5) is 0. The Labute approximate surface area is 97.4 Å². The van der Waals surface area contributed by atoms with Crippen LogP contribution < -0.4 is 5.73 Å². The van der Waals surface area contributed by atoms with Crippen molar-refractivity contribution in [3.8, 4) is 0 Å². The van der Waals surface area contributed by atoms with Gasteiger partial charge in [-0.25, -0.2) is 0 Å². The molecule has 3 fully saturated rings. The molecule has 16 heavy (non-hydrogen) atoms. The largest absolute Gasteiger partial charge is 0.327 e. The van der Waals surface area contributed by atoms with Crippen LogP contribution in [0.5, 0.6) is 0 Å². The molecule has 1 aromatic rings. The van der Waals surface area contributed by atoms with Crippen LogP contribution in [0.15, 0.2) is 43.0 Å². The second-order valence-corrected chi connectivity index (χ2v) is 5.67. The third-order valence-corrected chi connectivity index (χ3v) is 4.66. The van der Waals surface area contributed by atoms with Crippen LogP contribution >= 0.6 is 0 Å². The van der Waals surface area contributed by atoms with E-state index in [0.29, 0.717) is 16.9 Å². The van der Waals surface area contributed by atoms with E-state index < -0.39 is 0 Å². The van der Waals surface area contributed by atoms with E-state index in [1.807, 2.05) is 6.08 Å². The molecule has 0 saturated heterocycles. The summed E-state index contributed by atoms with van der Waals surface area (Å²) in [5.74, 6) is 0. The van der Waals surface area contributed by atoms with Gasteiger partial charge in [-0.2, -0.15) is 0 Å². The maximum atomic E-state index is 6.23. The zero-order valence-electron chi connectivity index (χ0n) is 9.65. The molecule has 1 aromatic carbocycles. The van der Waals surface area contributed by atoms with E-state index in [1.165, 1.54) is 24.8 Å². The molecule has 1 atom stereocenters. The molecule has 0 spiro atoms. The van der Waals surface area contributed by atoms with Gasteiger partial charge in [0.15, 0.2) is 0 Å². The lowest BCUT2D eigenvalue weighted by molar-refractivity contribution is -0.156. The molecule has 0 aliphatic heterocycles. The predicted molar refractivity (Wildman–Crippen MR) is 67.2 cm³/mol. The Hall–Kier alpha value is -1.08. The highest BCUT2D eigenvalue weighted by Gasteiger charge is 2.69. The van der Waals surface area contributed by atoms with Gasteiger partial charge in [0.25, 0.3) is 0 Å². The first-order valence-electron chi connectivity index (χ1n) is 6.13. The second-order valence-electron chi connectivity index (χ2n) is 5.67. The fourth-order valence-electron chi connectivity index (χ4n) is 3.79. The average Bonchev–Trinajstić information content (AvgIpc) is 2.15. The van der Waals surface area contributed by atoms with E-state index in [9.17, 15) is 0 Å². The number of hydrogen-bond donors (Lipinski definition) is 1. The molecule has 0 amide bonds. The molecular weight excluding hydrogens is 194 g/mol. The zero-order valence-corrected chi connectivity index (χ0v) is 9.65. The first kappa shape index (κ1) is 10.1.